The van der Waals surface area contributed by atoms with Crippen molar-refractivity contribution in [2.45, 2.75) is 76.0 Å². The molecule has 39 heavy (non-hydrogen) atoms. The van der Waals surface area contributed by atoms with Crippen molar-refractivity contribution >= 4 is 6.09 Å². The Labute approximate surface area is 231 Å². The van der Waals surface area contributed by atoms with Crippen molar-refractivity contribution in [1.29, 1.82) is 0 Å². The molecule has 3 atom stereocenters. The van der Waals surface area contributed by atoms with Crippen molar-refractivity contribution in [1.82, 2.24) is 4.90 Å². The lowest BCUT2D eigenvalue weighted by Gasteiger charge is -2.59. The fraction of sp³-hybridized carbons (Fsp3) is 0.441. The van der Waals surface area contributed by atoms with E-state index in [0.29, 0.717) is 19.1 Å². The van der Waals surface area contributed by atoms with Gasteiger partial charge in [0.1, 0.15) is 13.2 Å². The molecule has 0 radical (unpaired) electrons. The van der Waals surface area contributed by atoms with Crippen molar-refractivity contribution in [2.75, 3.05) is 13.2 Å². The fourth-order valence-corrected chi connectivity index (χ4v) is 7.90. The predicted molar refractivity (Wildman–Crippen MR) is 150 cm³/mol. The van der Waals surface area contributed by atoms with Gasteiger partial charge in [0.2, 0.25) is 0 Å². The molecule has 2 heterocycles. The Morgan fingerprint density at radius 1 is 0.923 bits per heavy atom. The van der Waals surface area contributed by atoms with Gasteiger partial charge in [-0.1, -0.05) is 73.5 Å². The minimum absolute atomic E-state index is 0.101. The second-order valence-electron chi connectivity index (χ2n) is 11.7. The number of hydrogen-bond acceptors (Lipinski definition) is 4. The van der Waals surface area contributed by atoms with E-state index >= 15 is 0 Å². The zero-order valence-electron chi connectivity index (χ0n) is 22.6. The van der Waals surface area contributed by atoms with Gasteiger partial charge in [-0.2, -0.15) is 0 Å². The molecule has 3 aromatic rings. The molecule has 0 N–H and O–H groups in total. The number of rotatable bonds is 5. The normalized spacial score (nSPS) is 25.0. The first-order valence-corrected chi connectivity index (χ1v) is 14.7. The van der Waals surface area contributed by atoms with Crippen LogP contribution in [-0.2, 0) is 36.2 Å². The van der Waals surface area contributed by atoms with Crippen molar-refractivity contribution in [3.63, 3.8) is 0 Å². The summed E-state index contributed by atoms with van der Waals surface area (Å²) >= 11 is 0. The van der Waals surface area contributed by atoms with E-state index in [4.69, 9.17) is 14.2 Å². The maximum absolute atomic E-state index is 13.5. The molecule has 202 valence electrons. The standard InChI is InChI=1S/C34H37NO4/c36-33(39-23-25-12-5-2-6-13-25)35-18-17-34-16-8-7-15-28(34)30(35)20-27-26-14-9-19-37-32(26)31(21-29(27)34)38-22-24-10-3-1-4-11-24/h1-6,10-13,21,28,30H,7-9,14-20,22-23H2/t28-,30+,34+/m1/s1. The Kier molecular flexibility index (Phi) is 6.46. The van der Waals surface area contributed by atoms with E-state index in [-0.39, 0.29) is 17.6 Å². The number of piperidine rings is 1. The van der Waals surface area contributed by atoms with Crippen LogP contribution < -0.4 is 9.47 Å². The highest BCUT2D eigenvalue weighted by Gasteiger charge is 2.56. The summed E-state index contributed by atoms with van der Waals surface area (Å²) in [7, 11) is 0. The smallest absolute Gasteiger partial charge is 0.410 e. The van der Waals surface area contributed by atoms with E-state index in [9.17, 15) is 4.79 Å². The average Bonchev–Trinajstić information content (AvgIpc) is 3.00. The van der Waals surface area contributed by atoms with Crippen LogP contribution in [-0.4, -0.2) is 30.2 Å². The van der Waals surface area contributed by atoms with Crippen LogP contribution in [0.15, 0.2) is 66.7 Å². The SMILES string of the molecule is O=C(OCc1ccccc1)N1CC[C@@]23CCCC[C@@H]2[C@@H]1Cc1c3cc(OCc2ccccc2)c2c1CCCO2. The van der Waals surface area contributed by atoms with Crippen molar-refractivity contribution in [3.8, 4) is 11.5 Å². The Balaban J connectivity index is 1.23. The number of amides is 1. The van der Waals surface area contributed by atoms with Crippen LogP contribution >= 0.6 is 0 Å². The lowest BCUT2D eigenvalue weighted by atomic mass is 9.52. The third-order valence-corrected chi connectivity index (χ3v) is 9.67. The number of nitrogens with zero attached hydrogens (tertiary/aromatic N) is 1. The Morgan fingerprint density at radius 3 is 2.49 bits per heavy atom. The second kappa shape index (κ2) is 10.3. The molecule has 0 spiro atoms. The van der Waals surface area contributed by atoms with Gasteiger partial charge in [-0.15, -0.1) is 0 Å². The highest BCUT2D eigenvalue weighted by atomic mass is 16.6. The van der Waals surface area contributed by atoms with E-state index in [2.05, 4.69) is 35.2 Å². The van der Waals surface area contributed by atoms with Crippen LogP contribution in [0.3, 0.4) is 0 Å². The van der Waals surface area contributed by atoms with Gasteiger partial charge in [0.15, 0.2) is 11.5 Å². The highest BCUT2D eigenvalue weighted by molar-refractivity contribution is 5.69. The summed E-state index contributed by atoms with van der Waals surface area (Å²) in [5.41, 5.74) is 6.50. The number of carbonyl (C=O) groups excluding carboxylic acids is 1. The van der Waals surface area contributed by atoms with Gasteiger partial charge >= 0.3 is 6.09 Å². The maximum Gasteiger partial charge on any atom is 0.410 e. The lowest BCUT2D eigenvalue weighted by molar-refractivity contribution is -0.0141. The van der Waals surface area contributed by atoms with Gasteiger partial charge < -0.3 is 19.1 Å². The topological polar surface area (TPSA) is 48.0 Å². The molecule has 5 nitrogen and oxygen atoms in total. The van der Waals surface area contributed by atoms with Gasteiger partial charge in [-0.05, 0) is 72.8 Å². The molecule has 2 aliphatic heterocycles. The van der Waals surface area contributed by atoms with Crippen LogP contribution in [0.5, 0.6) is 11.5 Å². The molecule has 3 aromatic carbocycles. The number of benzene rings is 3. The van der Waals surface area contributed by atoms with Gasteiger partial charge in [-0.25, -0.2) is 4.79 Å². The molecule has 1 saturated heterocycles. The third-order valence-electron chi connectivity index (χ3n) is 9.67. The number of hydrogen-bond donors (Lipinski definition) is 0. The molecule has 0 unspecified atom stereocenters. The zero-order valence-corrected chi connectivity index (χ0v) is 22.6. The minimum atomic E-state index is -0.167. The molecule has 2 aliphatic carbocycles. The Morgan fingerprint density at radius 2 is 1.69 bits per heavy atom. The van der Waals surface area contributed by atoms with E-state index < -0.39 is 0 Å². The number of fused-ring (bicyclic) bond motifs is 3. The number of ether oxygens (including phenoxy) is 3. The molecule has 2 fully saturated rings. The van der Waals surface area contributed by atoms with E-state index in [1.54, 1.807) is 0 Å². The molecule has 7 rings (SSSR count). The first kappa shape index (κ1) is 24.6. The third kappa shape index (κ3) is 4.36. The number of likely N-dealkylation sites (tertiary alicyclic amines) is 1. The monoisotopic (exact) mass is 523 g/mol. The summed E-state index contributed by atoms with van der Waals surface area (Å²) in [6, 6.07) is 22.9. The van der Waals surface area contributed by atoms with Crippen LogP contribution in [0.4, 0.5) is 4.79 Å². The summed E-state index contributed by atoms with van der Waals surface area (Å²) in [6.07, 6.45) is 8.56. The molecule has 5 heteroatoms. The van der Waals surface area contributed by atoms with Crippen molar-refractivity contribution in [3.05, 3.63) is 94.5 Å². The van der Waals surface area contributed by atoms with Gasteiger partial charge in [0.05, 0.1) is 6.61 Å². The van der Waals surface area contributed by atoms with E-state index in [1.807, 2.05) is 36.4 Å². The summed E-state index contributed by atoms with van der Waals surface area (Å²) in [6.45, 7) is 2.33. The predicted octanol–water partition coefficient (Wildman–Crippen LogP) is 6.99. The second-order valence-corrected chi connectivity index (χ2v) is 11.7. The summed E-state index contributed by atoms with van der Waals surface area (Å²) in [5.74, 6) is 2.29. The lowest BCUT2D eigenvalue weighted by Crippen LogP contribution is -2.62. The van der Waals surface area contributed by atoms with Gasteiger partial charge in [-0.3, -0.25) is 0 Å². The summed E-state index contributed by atoms with van der Waals surface area (Å²) in [5, 5.41) is 0. The first-order valence-electron chi connectivity index (χ1n) is 14.7. The van der Waals surface area contributed by atoms with Crippen LogP contribution in [0, 0.1) is 5.92 Å². The molecule has 1 amide bonds. The Bertz CT molecular complexity index is 1340. The van der Waals surface area contributed by atoms with Crippen molar-refractivity contribution in [2.24, 2.45) is 5.92 Å². The van der Waals surface area contributed by atoms with Crippen LogP contribution in [0.2, 0.25) is 0 Å². The quantitative estimate of drug-likeness (QED) is 0.362. The summed E-state index contributed by atoms with van der Waals surface area (Å²) in [4.78, 5) is 15.5. The fourth-order valence-electron chi connectivity index (χ4n) is 7.90. The maximum atomic E-state index is 13.5. The molecule has 0 aromatic heterocycles. The average molecular weight is 524 g/mol. The largest absolute Gasteiger partial charge is 0.489 e. The van der Waals surface area contributed by atoms with Crippen molar-refractivity contribution < 1.29 is 19.0 Å². The molecule has 1 saturated carbocycles. The zero-order chi connectivity index (χ0) is 26.2. The van der Waals surface area contributed by atoms with Crippen LogP contribution in [0.1, 0.15) is 66.3 Å². The minimum Gasteiger partial charge on any atom is -0.489 e. The molecule has 2 bridgehead atoms. The molecule has 4 aliphatic rings. The van der Waals surface area contributed by atoms with Gasteiger partial charge in [0, 0.05) is 23.6 Å². The van der Waals surface area contributed by atoms with Crippen LogP contribution in [0.25, 0.3) is 0 Å². The van der Waals surface area contributed by atoms with Gasteiger partial charge in [0.25, 0.3) is 0 Å². The Hall–Kier alpha value is -3.47. The van der Waals surface area contributed by atoms with E-state index in [0.717, 1.165) is 61.5 Å². The van der Waals surface area contributed by atoms with E-state index in [1.165, 1.54) is 42.4 Å². The molecular weight excluding hydrogens is 486 g/mol. The first-order chi connectivity index (χ1) is 19.2. The number of carbonyl (C=O) groups is 1. The summed E-state index contributed by atoms with van der Waals surface area (Å²) < 4.78 is 18.7. The molecular formula is C34H37NO4. The highest BCUT2D eigenvalue weighted by Crippen LogP contribution is 2.58.